The molecule has 2 nitrogen and oxygen atoms in total. The number of rotatable bonds is 2. The fraction of sp³-hybridized carbons (Fsp3) is 0.455. The minimum Gasteiger partial charge on any atom is -0.496 e. The molecule has 0 aliphatic rings. The van der Waals surface area contributed by atoms with E-state index in [9.17, 15) is 5.11 Å². The predicted molar refractivity (Wildman–Crippen MR) is 58.0 cm³/mol. The molecule has 0 heterocycles. The van der Waals surface area contributed by atoms with E-state index in [2.05, 4.69) is 0 Å². The second-order valence-corrected chi connectivity index (χ2v) is 4.28. The van der Waals surface area contributed by atoms with Gasteiger partial charge in [-0.05, 0) is 44.0 Å². The molecule has 14 heavy (non-hydrogen) atoms. The zero-order chi connectivity index (χ0) is 10.9. The van der Waals surface area contributed by atoms with E-state index in [-0.39, 0.29) is 0 Å². The summed E-state index contributed by atoms with van der Waals surface area (Å²) in [5, 5.41) is 10.5. The fourth-order valence-electron chi connectivity index (χ4n) is 1.50. The van der Waals surface area contributed by atoms with Crippen molar-refractivity contribution in [2.75, 3.05) is 7.11 Å². The van der Waals surface area contributed by atoms with Crippen molar-refractivity contribution < 1.29 is 9.84 Å². The second-order valence-electron chi connectivity index (χ2n) is 3.84. The van der Waals surface area contributed by atoms with Crippen molar-refractivity contribution in [2.45, 2.75) is 26.4 Å². The smallest absolute Gasteiger partial charge is 0.123 e. The third-order valence-electron chi connectivity index (χ3n) is 2.20. The molecule has 0 bridgehead atoms. The molecule has 1 rings (SSSR count). The number of aliphatic hydroxyl groups is 1. The van der Waals surface area contributed by atoms with E-state index in [1.165, 1.54) is 0 Å². The molecule has 0 aliphatic heterocycles. The summed E-state index contributed by atoms with van der Waals surface area (Å²) in [6, 6.07) is 3.51. The summed E-state index contributed by atoms with van der Waals surface area (Å²) in [6.07, 6.45) is 0. The highest BCUT2D eigenvalue weighted by Crippen LogP contribution is 2.32. The molecule has 0 saturated heterocycles. The molecular weight excluding hydrogens is 200 g/mol. The van der Waals surface area contributed by atoms with Crippen LogP contribution in [0.3, 0.4) is 0 Å². The summed E-state index contributed by atoms with van der Waals surface area (Å²) >= 11 is 5.92. The summed E-state index contributed by atoms with van der Waals surface area (Å²) < 4.78 is 5.17. The normalized spacial score (nSPS) is 11.6. The lowest BCUT2D eigenvalue weighted by Crippen LogP contribution is -2.17. The Morgan fingerprint density at radius 2 is 1.93 bits per heavy atom. The van der Waals surface area contributed by atoms with Gasteiger partial charge >= 0.3 is 0 Å². The minimum absolute atomic E-state index is 0.574. The van der Waals surface area contributed by atoms with Gasteiger partial charge in [0, 0.05) is 5.02 Å². The van der Waals surface area contributed by atoms with E-state index < -0.39 is 5.60 Å². The van der Waals surface area contributed by atoms with E-state index in [0.29, 0.717) is 10.8 Å². The molecule has 78 valence electrons. The fourth-order valence-corrected chi connectivity index (χ4v) is 1.71. The highest BCUT2D eigenvalue weighted by Gasteiger charge is 2.21. The van der Waals surface area contributed by atoms with Gasteiger partial charge < -0.3 is 9.84 Å². The second kappa shape index (κ2) is 3.79. The molecule has 0 saturated carbocycles. The van der Waals surface area contributed by atoms with Crippen LogP contribution in [-0.4, -0.2) is 12.2 Å². The van der Waals surface area contributed by atoms with Gasteiger partial charge in [0.25, 0.3) is 0 Å². The molecule has 0 fully saturated rings. The van der Waals surface area contributed by atoms with E-state index in [1.807, 2.05) is 6.92 Å². The van der Waals surface area contributed by atoms with Gasteiger partial charge in [-0.3, -0.25) is 0 Å². The number of halogens is 1. The van der Waals surface area contributed by atoms with Crippen LogP contribution in [0.5, 0.6) is 5.75 Å². The van der Waals surface area contributed by atoms with Crippen LogP contribution < -0.4 is 4.74 Å². The lowest BCUT2D eigenvalue weighted by Gasteiger charge is -2.22. The SMILES string of the molecule is COc1cc(Cl)cc(C(C)(C)O)c1C. The van der Waals surface area contributed by atoms with Gasteiger partial charge in [0.05, 0.1) is 12.7 Å². The van der Waals surface area contributed by atoms with Crippen LogP contribution in [0.4, 0.5) is 0 Å². The maximum absolute atomic E-state index is 9.90. The average molecular weight is 215 g/mol. The van der Waals surface area contributed by atoms with Crippen molar-refractivity contribution in [2.24, 2.45) is 0 Å². The van der Waals surface area contributed by atoms with Crippen molar-refractivity contribution in [3.63, 3.8) is 0 Å². The standard InChI is InChI=1S/C11H15ClO2/c1-7-9(11(2,3)13)5-8(12)6-10(7)14-4/h5-6,13H,1-4H3. The lowest BCUT2D eigenvalue weighted by molar-refractivity contribution is 0.0776. The molecule has 0 aliphatic carbocycles. The molecule has 1 aromatic rings. The molecule has 1 N–H and O–H groups in total. The first-order valence-electron chi connectivity index (χ1n) is 4.43. The van der Waals surface area contributed by atoms with E-state index in [1.54, 1.807) is 33.1 Å². The topological polar surface area (TPSA) is 29.5 Å². The first kappa shape index (κ1) is 11.3. The number of methoxy groups -OCH3 is 1. The quantitative estimate of drug-likeness (QED) is 0.821. The zero-order valence-electron chi connectivity index (χ0n) is 8.89. The van der Waals surface area contributed by atoms with Crippen LogP contribution in [0.2, 0.25) is 5.02 Å². The van der Waals surface area contributed by atoms with Gasteiger partial charge in [0.2, 0.25) is 0 Å². The van der Waals surface area contributed by atoms with Crippen molar-refractivity contribution in [3.8, 4) is 5.75 Å². The minimum atomic E-state index is -0.901. The molecular formula is C11H15ClO2. The Hall–Kier alpha value is -0.730. The van der Waals surface area contributed by atoms with Crippen molar-refractivity contribution >= 4 is 11.6 Å². The van der Waals surface area contributed by atoms with Crippen molar-refractivity contribution in [3.05, 3.63) is 28.3 Å². The van der Waals surface area contributed by atoms with Crippen LogP contribution >= 0.6 is 11.6 Å². The Morgan fingerprint density at radius 3 is 2.36 bits per heavy atom. The van der Waals surface area contributed by atoms with E-state index in [4.69, 9.17) is 16.3 Å². The van der Waals surface area contributed by atoms with Crippen LogP contribution in [-0.2, 0) is 5.60 Å². The number of benzene rings is 1. The summed E-state index contributed by atoms with van der Waals surface area (Å²) in [5.74, 6) is 0.703. The average Bonchev–Trinajstić information content (AvgIpc) is 2.06. The van der Waals surface area contributed by atoms with Gasteiger partial charge in [0.15, 0.2) is 0 Å². The number of ether oxygens (including phenoxy) is 1. The Bertz CT molecular complexity index is 340. The van der Waals surface area contributed by atoms with Crippen LogP contribution in [0.15, 0.2) is 12.1 Å². The predicted octanol–water partition coefficient (Wildman–Crippen LogP) is 2.88. The van der Waals surface area contributed by atoms with Crippen molar-refractivity contribution in [1.82, 2.24) is 0 Å². The van der Waals surface area contributed by atoms with Gasteiger partial charge in [-0.1, -0.05) is 11.6 Å². The van der Waals surface area contributed by atoms with Crippen LogP contribution in [0.1, 0.15) is 25.0 Å². The summed E-state index contributed by atoms with van der Waals surface area (Å²) in [7, 11) is 1.59. The maximum atomic E-state index is 9.90. The van der Waals surface area contributed by atoms with E-state index in [0.717, 1.165) is 11.1 Å². The molecule has 1 aromatic carbocycles. The highest BCUT2D eigenvalue weighted by molar-refractivity contribution is 6.30. The molecule has 0 amide bonds. The Labute approximate surface area is 89.5 Å². The van der Waals surface area contributed by atoms with Gasteiger partial charge in [0.1, 0.15) is 5.75 Å². The van der Waals surface area contributed by atoms with Crippen LogP contribution in [0.25, 0.3) is 0 Å². The number of hydrogen-bond donors (Lipinski definition) is 1. The van der Waals surface area contributed by atoms with Gasteiger partial charge in [-0.25, -0.2) is 0 Å². The van der Waals surface area contributed by atoms with Crippen molar-refractivity contribution in [1.29, 1.82) is 0 Å². The number of hydrogen-bond acceptors (Lipinski definition) is 2. The molecule has 0 spiro atoms. The molecule has 0 aromatic heterocycles. The lowest BCUT2D eigenvalue weighted by atomic mass is 9.93. The first-order chi connectivity index (χ1) is 6.36. The maximum Gasteiger partial charge on any atom is 0.123 e. The Kier molecular flexibility index (Phi) is 3.07. The Morgan fingerprint density at radius 1 is 1.36 bits per heavy atom. The van der Waals surface area contributed by atoms with Gasteiger partial charge in [-0.15, -0.1) is 0 Å². The monoisotopic (exact) mass is 214 g/mol. The van der Waals surface area contributed by atoms with Crippen LogP contribution in [0, 0.1) is 6.92 Å². The van der Waals surface area contributed by atoms with Gasteiger partial charge in [-0.2, -0.15) is 0 Å². The molecule has 0 radical (unpaired) electrons. The molecule has 3 heteroatoms. The third-order valence-corrected chi connectivity index (χ3v) is 2.42. The zero-order valence-corrected chi connectivity index (χ0v) is 9.64. The highest BCUT2D eigenvalue weighted by atomic mass is 35.5. The first-order valence-corrected chi connectivity index (χ1v) is 4.81. The van der Waals surface area contributed by atoms with E-state index >= 15 is 0 Å². The summed E-state index contributed by atoms with van der Waals surface area (Å²) in [4.78, 5) is 0. The molecule has 0 unspecified atom stereocenters. The Balaban J connectivity index is 3.37. The summed E-state index contributed by atoms with van der Waals surface area (Å²) in [6.45, 7) is 5.36. The largest absolute Gasteiger partial charge is 0.496 e. The molecule has 0 atom stereocenters. The summed E-state index contributed by atoms with van der Waals surface area (Å²) in [5.41, 5.74) is 0.814. The third kappa shape index (κ3) is 2.20.